The molecule has 0 aromatic rings. The number of aliphatic hydroxyl groups is 2. The lowest BCUT2D eigenvalue weighted by atomic mass is 9.97. The number of carboxylic acid groups (broad SMARTS) is 1. The molecule has 0 aromatic carbocycles. The maximum atomic E-state index is 13.1. The van der Waals surface area contributed by atoms with Gasteiger partial charge in [-0.2, -0.15) is 0 Å². The van der Waals surface area contributed by atoms with E-state index >= 15 is 0 Å². The van der Waals surface area contributed by atoms with Crippen LogP contribution in [-0.2, 0) is 38.4 Å². The summed E-state index contributed by atoms with van der Waals surface area (Å²) in [6.07, 6.45) is -0.390. The van der Waals surface area contributed by atoms with Gasteiger partial charge in [-0.15, -0.1) is 0 Å². The van der Waals surface area contributed by atoms with Gasteiger partial charge in [0.1, 0.15) is 30.2 Å². The number of aliphatic carboxylic acids is 1. The summed E-state index contributed by atoms with van der Waals surface area (Å²) in [4.78, 5) is 98.9. The summed E-state index contributed by atoms with van der Waals surface area (Å²) in [6, 6.07) is -8.02. The van der Waals surface area contributed by atoms with Gasteiger partial charge in [0, 0.05) is 6.42 Å². The molecule has 7 amide bonds. The van der Waals surface area contributed by atoms with E-state index in [1.807, 2.05) is 0 Å². The number of primary amides is 1. The first-order chi connectivity index (χ1) is 22.9. The fourth-order valence-electron chi connectivity index (χ4n) is 4.26. The molecule has 0 saturated carbocycles. The van der Waals surface area contributed by atoms with Crippen LogP contribution in [0.5, 0.6) is 0 Å². The molecule has 0 bridgehead atoms. The maximum absolute atomic E-state index is 13.1. The van der Waals surface area contributed by atoms with Crippen molar-refractivity contribution < 1.29 is 53.7 Å². The summed E-state index contributed by atoms with van der Waals surface area (Å²) in [5, 5.41) is 42.9. The summed E-state index contributed by atoms with van der Waals surface area (Å²) in [6.45, 7) is 4.78. The number of carbonyl (C=O) groups is 8. The van der Waals surface area contributed by atoms with Gasteiger partial charge in [0.25, 0.3) is 0 Å². The second-order valence-corrected chi connectivity index (χ2v) is 11.7. The Morgan fingerprint density at radius 1 is 0.755 bits per heavy atom. The molecule has 20 nitrogen and oxygen atoms in total. The molecule has 8 atom stereocenters. The molecule has 0 heterocycles. The van der Waals surface area contributed by atoms with E-state index in [1.54, 1.807) is 13.8 Å². The number of hydrogen-bond donors (Lipinski definition) is 12. The number of amides is 7. The number of nitrogens with one attached hydrogen (secondary N) is 6. The highest BCUT2D eigenvalue weighted by Crippen LogP contribution is 2.09. The Kier molecular flexibility index (Phi) is 21.0. The van der Waals surface area contributed by atoms with Crippen LogP contribution in [0.3, 0.4) is 0 Å². The van der Waals surface area contributed by atoms with Crippen molar-refractivity contribution in [2.75, 3.05) is 19.7 Å². The van der Waals surface area contributed by atoms with Gasteiger partial charge in [-0.1, -0.05) is 20.3 Å². The zero-order valence-corrected chi connectivity index (χ0v) is 28.3. The first-order valence-electron chi connectivity index (χ1n) is 15.9. The predicted molar refractivity (Wildman–Crippen MR) is 174 cm³/mol. The van der Waals surface area contributed by atoms with E-state index in [9.17, 15) is 53.7 Å². The van der Waals surface area contributed by atoms with E-state index in [1.165, 1.54) is 13.8 Å². The van der Waals surface area contributed by atoms with Crippen molar-refractivity contribution >= 4 is 47.3 Å². The van der Waals surface area contributed by atoms with Gasteiger partial charge >= 0.3 is 5.97 Å². The molecule has 1 unspecified atom stereocenters. The molecule has 0 aromatic heterocycles. The van der Waals surface area contributed by atoms with E-state index < -0.39 is 115 Å². The van der Waals surface area contributed by atoms with Crippen LogP contribution in [0.4, 0.5) is 0 Å². The molecule has 20 heteroatoms. The summed E-state index contributed by atoms with van der Waals surface area (Å²) in [7, 11) is 0. The third-order valence-electron chi connectivity index (χ3n) is 7.33. The average molecular weight is 704 g/mol. The highest BCUT2D eigenvalue weighted by Gasteiger charge is 2.32. The molecular formula is C29H53N9O11. The number of aliphatic hydroxyl groups excluding tert-OH is 2. The van der Waals surface area contributed by atoms with Crippen molar-refractivity contribution in [2.24, 2.45) is 23.1 Å². The predicted octanol–water partition coefficient (Wildman–Crippen LogP) is -5.23. The largest absolute Gasteiger partial charge is 0.480 e. The fraction of sp³-hybridized carbons (Fsp3) is 0.724. The molecule has 0 rings (SSSR count). The monoisotopic (exact) mass is 703 g/mol. The van der Waals surface area contributed by atoms with Crippen LogP contribution in [0, 0.1) is 5.92 Å². The van der Waals surface area contributed by atoms with Crippen LogP contribution in [0.2, 0.25) is 0 Å². The van der Waals surface area contributed by atoms with Crippen LogP contribution in [0.1, 0.15) is 66.2 Å². The smallest absolute Gasteiger partial charge is 0.326 e. The Morgan fingerprint density at radius 2 is 1.37 bits per heavy atom. The van der Waals surface area contributed by atoms with Crippen molar-refractivity contribution in [1.29, 1.82) is 0 Å². The first-order valence-corrected chi connectivity index (χ1v) is 15.9. The number of carboxylic acids is 1. The van der Waals surface area contributed by atoms with Crippen molar-refractivity contribution in [3.63, 3.8) is 0 Å². The van der Waals surface area contributed by atoms with Gasteiger partial charge in [-0.05, 0) is 45.6 Å². The number of rotatable bonds is 24. The van der Waals surface area contributed by atoms with E-state index in [0.717, 1.165) is 0 Å². The molecule has 0 aliphatic heterocycles. The number of hydrogen-bond acceptors (Lipinski definition) is 12. The van der Waals surface area contributed by atoms with Crippen LogP contribution >= 0.6 is 0 Å². The zero-order chi connectivity index (χ0) is 37.8. The summed E-state index contributed by atoms with van der Waals surface area (Å²) < 4.78 is 0. The van der Waals surface area contributed by atoms with Gasteiger partial charge in [0.05, 0.1) is 31.7 Å². The number of unbranched alkanes of at least 4 members (excludes halogenated alkanes) is 1. The molecule has 0 saturated heterocycles. The topological polar surface area (TPSA) is 347 Å². The van der Waals surface area contributed by atoms with Crippen molar-refractivity contribution in [1.82, 2.24) is 31.9 Å². The Bertz CT molecular complexity index is 1150. The number of carbonyl (C=O) groups excluding carboxylic acids is 7. The molecule has 15 N–H and O–H groups in total. The van der Waals surface area contributed by atoms with Crippen LogP contribution in [0.15, 0.2) is 0 Å². The molecule has 0 fully saturated rings. The third kappa shape index (κ3) is 17.5. The SMILES string of the molecule is CCC(C)[C@H](NC(=O)[C@@H](N)CC(N)=O)C(=O)N[C@@H](C)C(=O)N[C@@H](C[C@@H](C)O)C(=O)N[C@@H](CO)C(=O)NCC(=O)N[C@@H](CCCCN)C(=O)O. The van der Waals surface area contributed by atoms with Crippen molar-refractivity contribution in [2.45, 2.75) is 109 Å². The minimum Gasteiger partial charge on any atom is -0.480 e. The quantitative estimate of drug-likeness (QED) is 0.0419. The normalized spacial score (nSPS) is 15.8. The van der Waals surface area contributed by atoms with E-state index in [-0.39, 0.29) is 12.8 Å². The maximum Gasteiger partial charge on any atom is 0.326 e. The van der Waals surface area contributed by atoms with Crippen LogP contribution in [-0.4, -0.2) is 125 Å². The minimum absolute atomic E-state index is 0.113. The van der Waals surface area contributed by atoms with Gasteiger partial charge in [-0.3, -0.25) is 33.6 Å². The lowest BCUT2D eigenvalue weighted by Gasteiger charge is -2.27. The van der Waals surface area contributed by atoms with Gasteiger partial charge in [0.2, 0.25) is 41.4 Å². The Balaban J connectivity index is 5.44. The van der Waals surface area contributed by atoms with Gasteiger partial charge < -0.3 is 64.4 Å². The van der Waals surface area contributed by atoms with E-state index in [4.69, 9.17) is 17.2 Å². The molecule has 0 spiro atoms. The second kappa shape index (κ2) is 23.0. The molecular weight excluding hydrogens is 650 g/mol. The Hall–Kier alpha value is -4.40. The third-order valence-corrected chi connectivity index (χ3v) is 7.33. The number of nitrogens with two attached hydrogens (primary N) is 3. The van der Waals surface area contributed by atoms with Gasteiger partial charge in [-0.25, -0.2) is 4.79 Å². The van der Waals surface area contributed by atoms with Gasteiger partial charge in [0.15, 0.2) is 0 Å². The van der Waals surface area contributed by atoms with Crippen molar-refractivity contribution in [3.8, 4) is 0 Å². The molecule has 0 aliphatic carbocycles. The molecule has 0 radical (unpaired) electrons. The minimum atomic E-state index is -1.61. The fourth-order valence-corrected chi connectivity index (χ4v) is 4.26. The Morgan fingerprint density at radius 3 is 1.88 bits per heavy atom. The molecule has 280 valence electrons. The van der Waals surface area contributed by atoms with Crippen LogP contribution < -0.4 is 49.1 Å². The Labute approximate surface area is 284 Å². The summed E-state index contributed by atoms with van der Waals surface area (Å²) in [5.41, 5.74) is 16.1. The summed E-state index contributed by atoms with van der Waals surface area (Å²) >= 11 is 0. The van der Waals surface area contributed by atoms with E-state index in [0.29, 0.717) is 25.8 Å². The van der Waals surface area contributed by atoms with E-state index in [2.05, 4.69) is 31.9 Å². The lowest BCUT2D eigenvalue weighted by Crippen LogP contribution is -2.60. The standard InChI is InChI=1S/C29H53N9O11/c1-5-14(2)23(38-25(44)17(31)11-21(32)41)28(47)34-16(4)24(43)36-19(10-15(3)40)27(46)37-20(13-39)26(45)33-12-22(42)35-18(29(48)49)8-6-7-9-30/h14-20,23,39-40H,5-13,30-31H2,1-4H3,(H2,32,41)(H,33,45)(H,34,47)(H,35,42)(H,36,43)(H,37,46)(H,38,44)(H,48,49)/t14?,15-,16+,17+,18+,19+,20+,23+/m1/s1. The molecule has 0 aliphatic rings. The summed E-state index contributed by atoms with van der Waals surface area (Å²) in [5.74, 6) is -7.81. The highest BCUT2D eigenvalue weighted by molar-refractivity contribution is 5.97. The first kappa shape index (κ1) is 44.6. The van der Waals surface area contributed by atoms with Crippen molar-refractivity contribution in [3.05, 3.63) is 0 Å². The average Bonchev–Trinajstić information content (AvgIpc) is 3.02. The lowest BCUT2D eigenvalue weighted by molar-refractivity contribution is -0.142. The van der Waals surface area contributed by atoms with Crippen LogP contribution in [0.25, 0.3) is 0 Å². The zero-order valence-electron chi connectivity index (χ0n) is 28.3. The second-order valence-electron chi connectivity index (χ2n) is 11.7. The highest BCUT2D eigenvalue weighted by atomic mass is 16.4. The molecule has 49 heavy (non-hydrogen) atoms.